The van der Waals surface area contributed by atoms with Crippen molar-refractivity contribution < 1.29 is 32.4 Å². The van der Waals surface area contributed by atoms with E-state index in [2.05, 4.69) is 77.9 Å². The van der Waals surface area contributed by atoms with Gasteiger partial charge in [-0.3, -0.25) is 24.7 Å². The molecular formula is C50H59FN10O7S. The van der Waals surface area contributed by atoms with Crippen LogP contribution in [0.1, 0.15) is 106 Å². The Hall–Kier alpha value is -6.20. The molecule has 9 rings (SSSR count). The number of pyridine rings is 2. The highest BCUT2D eigenvalue weighted by molar-refractivity contribution is 7.90. The van der Waals surface area contributed by atoms with Gasteiger partial charge in [-0.05, 0) is 105 Å². The quantitative estimate of drug-likeness (QED) is 0.0470. The zero-order valence-electron chi connectivity index (χ0n) is 39.2. The number of amides is 1. The van der Waals surface area contributed by atoms with Gasteiger partial charge in [0.1, 0.15) is 27.9 Å². The molecule has 4 aliphatic rings. The van der Waals surface area contributed by atoms with E-state index >= 15 is 0 Å². The number of fused-ring (bicyclic) bond motifs is 1. The first kappa shape index (κ1) is 47.8. The first-order valence-corrected chi connectivity index (χ1v) is 25.3. The highest BCUT2D eigenvalue weighted by Gasteiger charge is 2.50. The lowest BCUT2D eigenvalue weighted by Crippen LogP contribution is -2.60. The van der Waals surface area contributed by atoms with E-state index in [1.165, 1.54) is 35.7 Å². The summed E-state index contributed by atoms with van der Waals surface area (Å²) in [4.78, 5) is 46.8. The molecule has 1 atom stereocenters. The van der Waals surface area contributed by atoms with Gasteiger partial charge in [-0.2, -0.15) is 0 Å². The van der Waals surface area contributed by atoms with Crippen LogP contribution in [0, 0.1) is 33.8 Å². The number of sulfonamides is 1. The molecule has 3 aromatic heterocycles. The van der Waals surface area contributed by atoms with Crippen molar-refractivity contribution in [3.8, 4) is 11.5 Å². The summed E-state index contributed by atoms with van der Waals surface area (Å²) in [6.45, 7) is 18.6. The van der Waals surface area contributed by atoms with Crippen LogP contribution < -0.4 is 19.7 Å². The lowest BCUT2D eigenvalue weighted by molar-refractivity contribution is -0.384. The number of halogens is 1. The number of hydrogen-bond acceptors (Lipinski definition) is 13. The molecule has 2 aliphatic heterocycles. The number of hydrogen-bond donors (Lipinski definition) is 4. The van der Waals surface area contributed by atoms with Crippen molar-refractivity contribution in [2.45, 2.75) is 101 Å². The van der Waals surface area contributed by atoms with Crippen molar-refractivity contribution in [1.29, 1.82) is 0 Å². The summed E-state index contributed by atoms with van der Waals surface area (Å²) in [7, 11) is -4.70. The molecule has 2 aliphatic carbocycles. The van der Waals surface area contributed by atoms with Crippen LogP contribution in [0.3, 0.4) is 0 Å². The standard InChI is InChI=1S/C50H59FN10O7S/c1-32(2)38-7-5-6-8-39(38)44-30-58(31-52-4)19-20-60(44)35-24-50(25-35)15-17-59(18-16-50)34-9-10-40(45(21-34)68-36-22-41-42(51)29-56-46(41)54-27-36)48(62)57-69(66,67)37-23-43(61(64)65)47(55-28-37)53-26-33-11-13-49(3,63)14-12-33/h5-10,21-23,27-29,32-33,35,44,63H,11-20,24-26,30-31H2,1-3H3,(H,53,55)(H,54,56)(H,57,62)/t33?,44-,49?/m0/s1. The van der Waals surface area contributed by atoms with Crippen molar-refractivity contribution in [3.05, 3.63) is 117 Å². The van der Waals surface area contributed by atoms with Crippen LogP contribution in [0.2, 0.25) is 0 Å². The fourth-order valence-corrected chi connectivity index (χ4v) is 11.8. The van der Waals surface area contributed by atoms with E-state index < -0.39 is 42.9 Å². The number of benzene rings is 2. The Kier molecular flexibility index (Phi) is 13.4. The number of carbonyl (C=O) groups excluding carboxylic acids is 1. The molecule has 2 aromatic carbocycles. The van der Waals surface area contributed by atoms with Gasteiger partial charge < -0.3 is 25.0 Å². The number of anilines is 2. The maximum absolute atomic E-state index is 14.7. The van der Waals surface area contributed by atoms with Crippen LogP contribution in [0.15, 0.2) is 78.1 Å². The average molecular weight is 963 g/mol. The maximum Gasteiger partial charge on any atom is 0.312 e. The lowest BCUT2D eigenvalue weighted by Gasteiger charge is -2.58. The molecule has 4 fully saturated rings. The number of aromatic amines is 1. The van der Waals surface area contributed by atoms with E-state index in [4.69, 9.17) is 11.3 Å². The number of carbonyl (C=O) groups is 1. The van der Waals surface area contributed by atoms with Crippen molar-refractivity contribution in [3.63, 3.8) is 0 Å². The smallest absolute Gasteiger partial charge is 0.312 e. The summed E-state index contributed by atoms with van der Waals surface area (Å²) in [6.07, 6.45) is 10.2. The Balaban J connectivity index is 0.908. The van der Waals surface area contributed by atoms with Gasteiger partial charge in [0.15, 0.2) is 0 Å². The summed E-state index contributed by atoms with van der Waals surface area (Å²) < 4.78 is 50.4. The molecule has 0 radical (unpaired) electrons. The minimum atomic E-state index is -4.70. The van der Waals surface area contributed by atoms with Crippen molar-refractivity contribution in [2.24, 2.45) is 11.3 Å². The second-order valence-corrected chi connectivity index (χ2v) is 21.7. The predicted octanol–water partition coefficient (Wildman–Crippen LogP) is 8.38. The number of rotatable bonds is 14. The first-order chi connectivity index (χ1) is 33.0. The van der Waals surface area contributed by atoms with Gasteiger partial charge in [-0.1, -0.05) is 38.1 Å². The largest absolute Gasteiger partial charge is 0.455 e. The summed E-state index contributed by atoms with van der Waals surface area (Å²) >= 11 is 0. The molecular weight excluding hydrogens is 904 g/mol. The highest BCUT2D eigenvalue weighted by Crippen LogP contribution is 2.53. The number of H-pyrrole nitrogens is 1. The Morgan fingerprint density at radius 3 is 2.54 bits per heavy atom. The molecule has 0 unspecified atom stereocenters. The summed E-state index contributed by atoms with van der Waals surface area (Å²) in [5.74, 6) is -1.08. The number of nitrogens with one attached hydrogen (secondary N) is 3. The fourth-order valence-electron chi connectivity index (χ4n) is 10.9. The van der Waals surface area contributed by atoms with Crippen LogP contribution in [0.25, 0.3) is 15.9 Å². The molecule has 5 aromatic rings. The van der Waals surface area contributed by atoms with Gasteiger partial charge in [0.05, 0.1) is 33.9 Å². The normalized spacial score (nSPS) is 22.3. The number of aliphatic hydroxyl groups is 1. The van der Waals surface area contributed by atoms with E-state index in [1.807, 2.05) is 4.72 Å². The number of nitro groups is 1. The predicted molar refractivity (Wildman–Crippen MR) is 259 cm³/mol. The van der Waals surface area contributed by atoms with Crippen LogP contribution in [-0.2, 0) is 10.0 Å². The van der Waals surface area contributed by atoms with E-state index in [-0.39, 0.29) is 45.6 Å². The van der Waals surface area contributed by atoms with Gasteiger partial charge in [-0.15, -0.1) is 0 Å². The molecule has 69 heavy (non-hydrogen) atoms. The zero-order chi connectivity index (χ0) is 48.7. The zero-order valence-corrected chi connectivity index (χ0v) is 40.0. The third-order valence-corrected chi connectivity index (χ3v) is 16.3. The SMILES string of the molecule is [C-]#[N+]CN1CCN(C2CC3(CCN(c4ccc(C(=O)NS(=O)(=O)c5cnc(NCC6CCC(C)(O)CC6)c([N+](=O)[O-])c5)c(Oc5cnc6[nH]cc(F)c6c5)c4)CC3)C2)[C@H](c2ccccc2C(C)C)C1. The molecule has 19 heteroatoms. The third-order valence-electron chi connectivity index (χ3n) is 15.0. The molecule has 1 spiro atoms. The van der Waals surface area contributed by atoms with Crippen molar-refractivity contribution in [1.82, 2.24) is 29.5 Å². The maximum atomic E-state index is 14.7. The Bertz CT molecular complexity index is 2880. The van der Waals surface area contributed by atoms with Crippen molar-refractivity contribution in [2.75, 3.05) is 56.2 Å². The Morgan fingerprint density at radius 2 is 1.81 bits per heavy atom. The minimum absolute atomic E-state index is 0.000697. The lowest BCUT2D eigenvalue weighted by atomic mass is 9.59. The Labute approximate surface area is 401 Å². The third kappa shape index (κ3) is 10.3. The number of piperidine rings is 1. The van der Waals surface area contributed by atoms with Gasteiger partial charge in [0, 0.05) is 75.4 Å². The molecule has 5 heterocycles. The number of nitrogens with zero attached hydrogens (tertiary/aromatic N) is 7. The molecule has 4 N–H and O–H groups in total. The highest BCUT2D eigenvalue weighted by atomic mass is 32.2. The monoisotopic (exact) mass is 962 g/mol. The molecule has 364 valence electrons. The molecule has 0 bridgehead atoms. The van der Waals surface area contributed by atoms with Gasteiger partial charge in [0.2, 0.25) is 5.82 Å². The number of aromatic nitrogens is 3. The molecule has 2 saturated heterocycles. The summed E-state index contributed by atoms with van der Waals surface area (Å²) in [5.41, 5.74) is 2.47. The second-order valence-electron chi connectivity index (χ2n) is 20.0. The van der Waals surface area contributed by atoms with Crippen LogP contribution in [0.4, 0.5) is 21.6 Å². The molecule has 1 amide bonds. The van der Waals surface area contributed by atoms with E-state index in [9.17, 15) is 32.8 Å². The van der Waals surface area contributed by atoms with Crippen molar-refractivity contribution >= 4 is 44.2 Å². The minimum Gasteiger partial charge on any atom is -0.455 e. The van der Waals surface area contributed by atoms with E-state index in [0.29, 0.717) is 56.5 Å². The van der Waals surface area contributed by atoms with Crippen LogP contribution in [-0.4, -0.2) is 107 Å². The number of ether oxygens (including phenoxy) is 1. The van der Waals surface area contributed by atoms with Crippen LogP contribution >= 0.6 is 0 Å². The fraction of sp³-hybridized carbons (Fsp3) is 0.480. The first-order valence-electron chi connectivity index (χ1n) is 23.8. The average Bonchev–Trinajstić information content (AvgIpc) is 3.69. The molecule has 17 nitrogen and oxygen atoms in total. The van der Waals surface area contributed by atoms with E-state index in [1.54, 1.807) is 19.1 Å². The topological polar surface area (TPSA) is 204 Å². The Morgan fingerprint density at radius 1 is 1.06 bits per heavy atom. The summed E-state index contributed by atoms with van der Waals surface area (Å²) in [6, 6.07) is 16.6. The number of piperazine rings is 1. The molecule has 2 saturated carbocycles. The van der Waals surface area contributed by atoms with Crippen LogP contribution in [0.5, 0.6) is 11.5 Å². The van der Waals surface area contributed by atoms with Gasteiger partial charge in [-0.25, -0.2) is 39.0 Å². The van der Waals surface area contributed by atoms with E-state index in [0.717, 1.165) is 76.4 Å². The van der Waals surface area contributed by atoms with Gasteiger partial charge in [0.25, 0.3) is 22.6 Å². The second kappa shape index (κ2) is 19.3. The summed E-state index contributed by atoms with van der Waals surface area (Å²) in [5, 5.41) is 25.6. The van der Waals surface area contributed by atoms with Gasteiger partial charge >= 0.3 is 5.69 Å².